The summed E-state index contributed by atoms with van der Waals surface area (Å²) in [7, 11) is -3.73. The van der Waals surface area contributed by atoms with Crippen molar-refractivity contribution in [1.29, 1.82) is 0 Å². The van der Waals surface area contributed by atoms with Crippen molar-refractivity contribution >= 4 is 43.5 Å². The van der Waals surface area contributed by atoms with E-state index < -0.39 is 28.5 Å². The van der Waals surface area contributed by atoms with Crippen LogP contribution in [0.4, 0.5) is 5.69 Å². The van der Waals surface area contributed by atoms with E-state index in [1.807, 2.05) is 51.1 Å². The number of carbonyl (C=O) groups is 2. The number of anilines is 1. The second-order valence-electron chi connectivity index (χ2n) is 8.25. The third kappa shape index (κ3) is 7.85. The Kier molecular flexibility index (Phi) is 9.48. The molecule has 0 aliphatic carbocycles. The van der Waals surface area contributed by atoms with Gasteiger partial charge in [0.1, 0.15) is 12.6 Å². The number of benzene rings is 2. The van der Waals surface area contributed by atoms with Crippen LogP contribution >= 0.6 is 15.9 Å². The van der Waals surface area contributed by atoms with Crippen molar-refractivity contribution in [2.24, 2.45) is 0 Å². The maximum atomic E-state index is 13.5. The second-order valence-corrected chi connectivity index (χ2v) is 11.1. The molecule has 0 spiro atoms. The van der Waals surface area contributed by atoms with Crippen LogP contribution in [0.3, 0.4) is 0 Å². The number of hydrogen-bond acceptors (Lipinski definition) is 4. The van der Waals surface area contributed by atoms with E-state index in [0.717, 1.165) is 32.6 Å². The summed E-state index contributed by atoms with van der Waals surface area (Å²) in [6.07, 6.45) is 1.83. The van der Waals surface area contributed by atoms with Crippen molar-refractivity contribution in [2.75, 3.05) is 17.1 Å². The summed E-state index contributed by atoms with van der Waals surface area (Å²) in [5.74, 6) is -0.743. The van der Waals surface area contributed by atoms with E-state index in [1.54, 1.807) is 25.1 Å². The molecule has 0 saturated carbocycles. The number of rotatable bonds is 10. The summed E-state index contributed by atoms with van der Waals surface area (Å²) in [5, 5.41) is 2.91. The molecule has 2 aromatic carbocycles. The fourth-order valence-electron chi connectivity index (χ4n) is 3.23. The van der Waals surface area contributed by atoms with E-state index in [2.05, 4.69) is 21.2 Å². The molecule has 9 heteroatoms. The van der Waals surface area contributed by atoms with Gasteiger partial charge < -0.3 is 10.2 Å². The largest absolute Gasteiger partial charge is 0.352 e. The summed E-state index contributed by atoms with van der Waals surface area (Å²) in [6, 6.07) is 13.6. The smallest absolute Gasteiger partial charge is 0.244 e. The highest BCUT2D eigenvalue weighted by molar-refractivity contribution is 9.10. The number of aryl methyl sites for hydroxylation is 1. The molecular weight excluding hydrogens is 506 g/mol. The van der Waals surface area contributed by atoms with Gasteiger partial charge in [-0.15, -0.1) is 0 Å². The lowest BCUT2D eigenvalue weighted by atomic mass is 10.1. The fraction of sp³-hybridized carbons (Fsp3) is 0.417. The quantitative estimate of drug-likeness (QED) is 0.498. The van der Waals surface area contributed by atoms with Crippen LogP contribution in [-0.4, -0.2) is 50.0 Å². The molecule has 0 aliphatic heterocycles. The summed E-state index contributed by atoms with van der Waals surface area (Å²) in [4.78, 5) is 27.7. The highest BCUT2D eigenvalue weighted by Crippen LogP contribution is 2.20. The maximum Gasteiger partial charge on any atom is 0.244 e. The van der Waals surface area contributed by atoms with Gasteiger partial charge >= 0.3 is 0 Å². The van der Waals surface area contributed by atoms with Gasteiger partial charge in [-0.2, -0.15) is 0 Å². The molecule has 1 N–H and O–H groups in total. The van der Waals surface area contributed by atoms with Gasteiger partial charge in [-0.25, -0.2) is 8.42 Å². The zero-order valence-corrected chi connectivity index (χ0v) is 22.1. The van der Waals surface area contributed by atoms with Crippen molar-refractivity contribution in [3.63, 3.8) is 0 Å². The van der Waals surface area contributed by atoms with Crippen LogP contribution < -0.4 is 9.62 Å². The maximum absolute atomic E-state index is 13.5. The predicted octanol–water partition coefficient (Wildman–Crippen LogP) is 3.86. The number of nitrogens with zero attached hydrogens (tertiary/aromatic N) is 2. The molecule has 33 heavy (non-hydrogen) atoms. The predicted molar refractivity (Wildman–Crippen MR) is 135 cm³/mol. The van der Waals surface area contributed by atoms with Crippen LogP contribution in [0.15, 0.2) is 53.0 Å². The van der Waals surface area contributed by atoms with Crippen LogP contribution in [-0.2, 0) is 26.2 Å². The Hall–Kier alpha value is -2.39. The number of sulfonamides is 1. The summed E-state index contributed by atoms with van der Waals surface area (Å²) >= 11 is 3.40. The molecule has 2 rings (SSSR count). The van der Waals surface area contributed by atoms with Gasteiger partial charge in [0, 0.05) is 17.1 Å². The highest BCUT2D eigenvalue weighted by Gasteiger charge is 2.30. The first-order valence-electron chi connectivity index (χ1n) is 10.8. The average Bonchev–Trinajstić information content (AvgIpc) is 2.75. The molecule has 180 valence electrons. The Balaban J connectivity index is 2.37. The number of hydrogen-bond donors (Lipinski definition) is 1. The van der Waals surface area contributed by atoms with E-state index >= 15 is 0 Å². The van der Waals surface area contributed by atoms with Gasteiger partial charge in [-0.05, 0) is 62.6 Å². The molecule has 2 atom stereocenters. The van der Waals surface area contributed by atoms with Crippen LogP contribution in [0.1, 0.15) is 38.3 Å². The van der Waals surface area contributed by atoms with Crippen molar-refractivity contribution < 1.29 is 18.0 Å². The molecule has 0 aliphatic rings. The molecule has 0 aromatic heterocycles. The Morgan fingerprint density at radius 3 is 2.27 bits per heavy atom. The molecule has 0 heterocycles. The molecular formula is C24H32BrN3O4S. The first-order valence-corrected chi connectivity index (χ1v) is 13.4. The highest BCUT2D eigenvalue weighted by atomic mass is 79.9. The van der Waals surface area contributed by atoms with Gasteiger partial charge in [0.25, 0.3) is 0 Å². The van der Waals surface area contributed by atoms with E-state index in [1.165, 1.54) is 4.90 Å². The Morgan fingerprint density at radius 1 is 1.09 bits per heavy atom. The molecule has 0 bridgehead atoms. The monoisotopic (exact) mass is 537 g/mol. The van der Waals surface area contributed by atoms with Crippen LogP contribution in [0.2, 0.25) is 0 Å². The molecule has 0 unspecified atom stereocenters. The number of carbonyl (C=O) groups excluding carboxylic acids is 2. The minimum atomic E-state index is -3.73. The third-order valence-corrected chi connectivity index (χ3v) is 7.07. The van der Waals surface area contributed by atoms with Gasteiger partial charge in [-0.1, -0.05) is 47.1 Å². The van der Waals surface area contributed by atoms with Crippen molar-refractivity contribution in [1.82, 2.24) is 10.2 Å². The topological polar surface area (TPSA) is 86.8 Å². The van der Waals surface area contributed by atoms with E-state index in [9.17, 15) is 18.0 Å². The van der Waals surface area contributed by atoms with Crippen LogP contribution in [0.5, 0.6) is 0 Å². The average molecular weight is 539 g/mol. The molecule has 7 nitrogen and oxygen atoms in total. The fourth-order valence-corrected chi connectivity index (χ4v) is 4.34. The van der Waals surface area contributed by atoms with Gasteiger partial charge in [0.2, 0.25) is 21.8 Å². The Bertz CT molecular complexity index is 1070. The Morgan fingerprint density at radius 2 is 1.73 bits per heavy atom. The van der Waals surface area contributed by atoms with E-state index in [4.69, 9.17) is 0 Å². The lowest BCUT2D eigenvalue weighted by Gasteiger charge is -2.32. The Labute approximate surface area is 205 Å². The van der Waals surface area contributed by atoms with Crippen molar-refractivity contribution in [2.45, 2.75) is 52.7 Å². The van der Waals surface area contributed by atoms with Crippen LogP contribution in [0, 0.1) is 6.92 Å². The van der Waals surface area contributed by atoms with Gasteiger partial charge in [-0.3, -0.25) is 13.9 Å². The van der Waals surface area contributed by atoms with Gasteiger partial charge in [0.05, 0.1) is 11.9 Å². The zero-order chi connectivity index (χ0) is 24.8. The lowest BCUT2D eigenvalue weighted by Crippen LogP contribution is -2.52. The van der Waals surface area contributed by atoms with Crippen molar-refractivity contribution in [3.8, 4) is 0 Å². The SMILES string of the molecule is CC[C@@H](C)NC(=O)[C@@H](C)N(Cc1ccc(Br)cc1)C(=O)CN(c1cccc(C)c1)S(C)(=O)=O. The minimum Gasteiger partial charge on any atom is -0.352 e. The van der Waals surface area contributed by atoms with Gasteiger partial charge in [0.15, 0.2) is 0 Å². The first kappa shape index (κ1) is 26.9. The number of amides is 2. The minimum absolute atomic E-state index is 0.0376. The first-order chi connectivity index (χ1) is 15.4. The summed E-state index contributed by atoms with van der Waals surface area (Å²) in [6.45, 7) is 7.14. The van der Waals surface area contributed by atoms with E-state index in [0.29, 0.717) is 5.69 Å². The standard InChI is InChI=1S/C24H32BrN3O4S/c1-6-18(3)26-24(30)19(4)27(15-20-10-12-21(25)13-11-20)23(29)16-28(33(5,31)32)22-9-7-8-17(2)14-22/h7-14,18-19H,6,15-16H2,1-5H3,(H,26,30)/t18-,19-/m1/s1. The molecule has 2 amide bonds. The van der Waals surface area contributed by atoms with E-state index in [-0.39, 0.29) is 18.5 Å². The normalized spacial score (nSPS) is 13.2. The second kappa shape index (κ2) is 11.7. The lowest BCUT2D eigenvalue weighted by molar-refractivity contribution is -0.139. The third-order valence-electron chi connectivity index (χ3n) is 5.40. The molecule has 2 aromatic rings. The molecule has 0 radical (unpaired) electrons. The summed E-state index contributed by atoms with van der Waals surface area (Å²) < 4.78 is 27.1. The number of nitrogens with one attached hydrogen (secondary N) is 1. The van der Waals surface area contributed by atoms with Crippen LogP contribution in [0.25, 0.3) is 0 Å². The number of halogens is 1. The molecule has 0 fully saturated rings. The van der Waals surface area contributed by atoms with Crippen molar-refractivity contribution in [3.05, 3.63) is 64.1 Å². The summed E-state index contributed by atoms with van der Waals surface area (Å²) in [5.41, 5.74) is 2.11. The zero-order valence-electron chi connectivity index (χ0n) is 19.7. The molecule has 0 saturated heterocycles.